The van der Waals surface area contributed by atoms with Crippen LogP contribution in [0, 0.1) is 5.82 Å². The average Bonchev–Trinajstić information content (AvgIpc) is 2.67. The van der Waals surface area contributed by atoms with Crippen molar-refractivity contribution in [2.45, 2.75) is 6.54 Å². The van der Waals surface area contributed by atoms with Crippen LogP contribution in [0.15, 0.2) is 24.4 Å². The first-order valence-corrected chi connectivity index (χ1v) is 5.14. The maximum atomic E-state index is 13.5. The van der Waals surface area contributed by atoms with Crippen LogP contribution in [-0.2, 0) is 6.54 Å². The van der Waals surface area contributed by atoms with Crippen molar-refractivity contribution in [1.82, 2.24) is 15.0 Å². The predicted octanol–water partition coefficient (Wildman–Crippen LogP) is 1.70. The van der Waals surface area contributed by atoms with E-state index in [0.29, 0.717) is 23.8 Å². The highest BCUT2D eigenvalue weighted by Crippen LogP contribution is 2.28. The summed E-state index contributed by atoms with van der Waals surface area (Å²) in [6.07, 6.45) is 1.62. The van der Waals surface area contributed by atoms with E-state index >= 15 is 0 Å². The van der Waals surface area contributed by atoms with E-state index in [1.807, 2.05) is 0 Å². The monoisotopic (exact) mass is 240 g/mol. The Morgan fingerprint density at radius 2 is 2.25 bits per heavy atom. The molecule has 2 N–H and O–H groups in total. The second kappa shape index (κ2) is 4.59. The summed E-state index contributed by atoms with van der Waals surface area (Å²) >= 11 is 5.91. The smallest absolute Gasteiger partial charge is 0.134 e. The molecule has 0 aliphatic carbocycles. The Morgan fingerprint density at radius 1 is 1.44 bits per heavy atom. The van der Waals surface area contributed by atoms with Crippen molar-refractivity contribution in [1.29, 1.82) is 0 Å². The lowest BCUT2D eigenvalue weighted by molar-refractivity contribution is 0.598. The molecule has 0 aliphatic heterocycles. The average molecular weight is 241 g/mol. The van der Waals surface area contributed by atoms with Crippen LogP contribution in [0.25, 0.3) is 11.3 Å². The molecule has 1 heterocycles. The fraction of sp³-hybridized carbons (Fsp3) is 0.200. The highest BCUT2D eigenvalue weighted by molar-refractivity contribution is 6.33. The van der Waals surface area contributed by atoms with Crippen LogP contribution >= 0.6 is 11.6 Å². The van der Waals surface area contributed by atoms with Gasteiger partial charge in [0.05, 0.1) is 23.3 Å². The van der Waals surface area contributed by atoms with Gasteiger partial charge in [-0.25, -0.2) is 4.39 Å². The minimum Gasteiger partial charge on any atom is -0.329 e. The molecule has 4 nitrogen and oxygen atoms in total. The van der Waals surface area contributed by atoms with Crippen molar-refractivity contribution in [3.05, 3.63) is 35.2 Å². The van der Waals surface area contributed by atoms with Gasteiger partial charge in [0.25, 0.3) is 0 Å². The summed E-state index contributed by atoms with van der Waals surface area (Å²) in [4.78, 5) is 0. The molecule has 0 spiro atoms. The number of aromatic nitrogens is 3. The molecule has 0 bridgehead atoms. The topological polar surface area (TPSA) is 56.7 Å². The van der Waals surface area contributed by atoms with Crippen molar-refractivity contribution >= 4 is 11.6 Å². The Morgan fingerprint density at radius 3 is 2.94 bits per heavy atom. The van der Waals surface area contributed by atoms with E-state index < -0.39 is 5.82 Å². The summed E-state index contributed by atoms with van der Waals surface area (Å²) in [5, 5.41) is 8.00. The largest absolute Gasteiger partial charge is 0.329 e. The van der Waals surface area contributed by atoms with Gasteiger partial charge < -0.3 is 5.73 Å². The summed E-state index contributed by atoms with van der Waals surface area (Å²) < 4.78 is 15.1. The molecule has 16 heavy (non-hydrogen) atoms. The summed E-state index contributed by atoms with van der Waals surface area (Å²) in [6, 6.07) is 4.50. The van der Waals surface area contributed by atoms with Gasteiger partial charge in [-0.2, -0.15) is 0 Å². The molecule has 0 unspecified atom stereocenters. The zero-order valence-corrected chi connectivity index (χ0v) is 9.15. The third-order valence-electron chi connectivity index (χ3n) is 2.12. The van der Waals surface area contributed by atoms with Gasteiger partial charge in [-0.05, 0) is 12.1 Å². The molecule has 84 valence electrons. The van der Waals surface area contributed by atoms with Crippen LogP contribution in [-0.4, -0.2) is 21.5 Å². The van der Waals surface area contributed by atoms with Crippen molar-refractivity contribution in [3.63, 3.8) is 0 Å². The number of nitrogens with two attached hydrogens (primary N) is 1. The minimum absolute atomic E-state index is 0.271. The maximum absolute atomic E-state index is 13.5. The zero-order chi connectivity index (χ0) is 11.5. The normalized spacial score (nSPS) is 10.7. The summed E-state index contributed by atoms with van der Waals surface area (Å²) in [5.74, 6) is -0.410. The SMILES string of the molecule is NCCn1cc(-c2c(F)cccc2Cl)nn1. The summed E-state index contributed by atoms with van der Waals surface area (Å²) in [6.45, 7) is 0.993. The fourth-order valence-electron chi connectivity index (χ4n) is 1.40. The minimum atomic E-state index is -0.410. The molecular formula is C10H10ClFN4. The van der Waals surface area contributed by atoms with Crippen molar-refractivity contribution in [2.24, 2.45) is 5.73 Å². The van der Waals surface area contributed by atoms with Crippen LogP contribution in [0.2, 0.25) is 5.02 Å². The number of hydrogen-bond donors (Lipinski definition) is 1. The number of hydrogen-bond acceptors (Lipinski definition) is 3. The van der Waals surface area contributed by atoms with E-state index in [-0.39, 0.29) is 5.56 Å². The number of benzene rings is 1. The molecule has 0 saturated heterocycles. The van der Waals surface area contributed by atoms with E-state index in [4.69, 9.17) is 17.3 Å². The van der Waals surface area contributed by atoms with Crippen molar-refractivity contribution in [2.75, 3.05) is 6.54 Å². The highest BCUT2D eigenvalue weighted by atomic mass is 35.5. The molecule has 2 rings (SSSR count). The molecule has 1 aromatic heterocycles. The Labute approximate surface area is 96.8 Å². The Kier molecular flexibility index (Phi) is 3.17. The fourth-order valence-corrected chi connectivity index (χ4v) is 1.66. The Hall–Kier alpha value is -1.46. The van der Waals surface area contributed by atoms with E-state index in [1.54, 1.807) is 23.0 Å². The number of halogens is 2. The lowest BCUT2D eigenvalue weighted by atomic mass is 10.1. The summed E-state index contributed by atoms with van der Waals surface area (Å²) in [7, 11) is 0. The van der Waals surface area contributed by atoms with E-state index in [1.165, 1.54) is 6.07 Å². The zero-order valence-electron chi connectivity index (χ0n) is 8.40. The van der Waals surface area contributed by atoms with Gasteiger partial charge in [-0.15, -0.1) is 5.10 Å². The first kappa shape index (κ1) is 11.0. The molecule has 1 aromatic carbocycles. The standard InChI is InChI=1S/C10H10ClFN4/c11-7-2-1-3-8(12)10(7)9-6-16(5-4-13)15-14-9/h1-3,6H,4-5,13H2. The lowest BCUT2D eigenvalue weighted by Crippen LogP contribution is -2.10. The second-order valence-electron chi connectivity index (χ2n) is 3.25. The van der Waals surface area contributed by atoms with Gasteiger partial charge in [-0.1, -0.05) is 22.9 Å². The van der Waals surface area contributed by atoms with Crippen LogP contribution in [0.4, 0.5) is 4.39 Å². The van der Waals surface area contributed by atoms with Gasteiger partial charge in [0, 0.05) is 6.54 Å². The predicted molar refractivity (Wildman–Crippen MR) is 59.5 cm³/mol. The molecule has 0 amide bonds. The van der Waals surface area contributed by atoms with Gasteiger partial charge >= 0.3 is 0 Å². The molecule has 2 aromatic rings. The maximum Gasteiger partial charge on any atom is 0.134 e. The first-order chi connectivity index (χ1) is 7.72. The highest BCUT2D eigenvalue weighted by Gasteiger charge is 2.12. The van der Waals surface area contributed by atoms with Crippen LogP contribution in [0.5, 0.6) is 0 Å². The summed E-state index contributed by atoms with van der Waals surface area (Å²) in [5.41, 5.74) is 6.06. The lowest BCUT2D eigenvalue weighted by Gasteiger charge is -2.00. The van der Waals surface area contributed by atoms with Gasteiger partial charge in [0.2, 0.25) is 0 Å². The molecule has 0 fully saturated rings. The van der Waals surface area contributed by atoms with E-state index in [0.717, 1.165) is 0 Å². The first-order valence-electron chi connectivity index (χ1n) is 4.77. The van der Waals surface area contributed by atoms with E-state index in [9.17, 15) is 4.39 Å². The van der Waals surface area contributed by atoms with Gasteiger partial charge in [-0.3, -0.25) is 4.68 Å². The molecule has 6 heteroatoms. The molecule has 0 atom stereocenters. The van der Waals surface area contributed by atoms with Crippen LogP contribution < -0.4 is 5.73 Å². The molecule has 0 aliphatic rings. The Bertz CT molecular complexity index is 477. The van der Waals surface area contributed by atoms with Gasteiger partial charge in [0.15, 0.2) is 0 Å². The molecule has 0 saturated carbocycles. The Balaban J connectivity index is 2.42. The third-order valence-corrected chi connectivity index (χ3v) is 2.43. The van der Waals surface area contributed by atoms with Crippen LogP contribution in [0.3, 0.4) is 0 Å². The molecular weight excluding hydrogens is 231 g/mol. The van der Waals surface area contributed by atoms with Crippen LogP contribution in [0.1, 0.15) is 0 Å². The quantitative estimate of drug-likeness (QED) is 0.888. The number of nitrogens with zero attached hydrogens (tertiary/aromatic N) is 3. The van der Waals surface area contributed by atoms with Gasteiger partial charge in [0.1, 0.15) is 11.5 Å². The van der Waals surface area contributed by atoms with Crippen molar-refractivity contribution < 1.29 is 4.39 Å². The van der Waals surface area contributed by atoms with Crippen molar-refractivity contribution in [3.8, 4) is 11.3 Å². The van der Waals surface area contributed by atoms with E-state index in [2.05, 4.69) is 10.3 Å². The second-order valence-corrected chi connectivity index (χ2v) is 3.66. The third kappa shape index (κ3) is 2.05. The number of rotatable bonds is 3. The molecule has 0 radical (unpaired) electrons.